The molecule has 0 bridgehead atoms. The van der Waals surface area contributed by atoms with Gasteiger partial charge in [0.15, 0.2) is 0 Å². The van der Waals surface area contributed by atoms with Crippen molar-refractivity contribution in [3.05, 3.63) is 34.8 Å². The van der Waals surface area contributed by atoms with E-state index in [0.29, 0.717) is 5.56 Å². The van der Waals surface area contributed by atoms with Crippen LogP contribution in [0.15, 0.2) is 28.6 Å². The summed E-state index contributed by atoms with van der Waals surface area (Å²) >= 11 is 3.16. The second-order valence-electron chi connectivity index (χ2n) is 3.28. The van der Waals surface area contributed by atoms with Crippen molar-refractivity contribution in [1.82, 2.24) is 4.98 Å². The van der Waals surface area contributed by atoms with Crippen LogP contribution in [0, 0.1) is 18.3 Å². The number of nitrogens with zero attached hydrogens (tertiary/aromatic N) is 2. The summed E-state index contributed by atoms with van der Waals surface area (Å²) in [7, 11) is 0. The van der Waals surface area contributed by atoms with Gasteiger partial charge in [-0.3, -0.25) is 0 Å². The summed E-state index contributed by atoms with van der Waals surface area (Å²) < 4.78 is 0. The number of pyridine rings is 1. The van der Waals surface area contributed by atoms with Gasteiger partial charge in [0.1, 0.15) is 11.1 Å². The minimum atomic E-state index is 0.681. The quantitative estimate of drug-likeness (QED) is 0.758. The lowest BCUT2D eigenvalue weighted by Crippen LogP contribution is -1.93. The standard InChI is InChI=1S/C12H10N2S2/c1-8-6-9(11-4-3-5-16-11)10(7-13)12(14-8)15-2/h3-6H,1-2H3. The molecular weight excluding hydrogens is 236 g/mol. The first-order valence-corrected chi connectivity index (χ1v) is 6.86. The topological polar surface area (TPSA) is 36.7 Å². The highest BCUT2D eigenvalue weighted by atomic mass is 32.2. The number of aromatic nitrogens is 1. The Kier molecular flexibility index (Phi) is 3.28. The number of hydrogen-bond donors (Lipinski definition) is 0. The van der Waals surface area contributed by atoms with Crippen LogP contribution in [0.3, 0.4) is 0 Å². The molecule has 0 aliphatic carbocycles. The highest BCUT2D eigenvalue weighted by molar-refractivity contribution is 7.98. The van der Waals surface area contributed by atoms with Crippen LogP contribution in [0.1, 0.15) is 11.3 Å². The lowest BCUT2D eigenvalue weighted by molar-refractivity contribution is 1.05. The third-order valence-electron chi connectivity index (χ3n) is 2.21. The van der Waals surface area contributed by atoms with Gasteiger partial charge in [-0.1, -0.05) is 6.07 Å². The molecule has 0 N–H and O–H groups in total. The van der Waals surface area contributed by atoms with Crippen LogP contribution < -0.4 is 0 Å². The van der Waals surface area contributed by atoms with Gasteiger partial charge in [0.05, 0.1) is 5.56 Å². The molecule has 0 fully saturated rings. The first kappa shape index (κ1) is 11.2. The monoisotopic (exact) mass is 246 g/mol. The van der Waals surface area contributed by atoms with Crippen molar-refractivity contribution in [3.63, 3.8) is 0 Å². The number of rotatable bonds is 2. The third-order valence-corrected chi connectivity index (χ3v) is 3.79. The minimum Gasteiger partial charge on any atom is -0.245 e. The highest BCUT2D eigenvalue weighted by Gasteiger charge is 2.12. The maximum Gasteiger partial charge on any atom is 0.114 e. The van der Waals surface area contributed by atoms with Gasteiger partial charge in [-0.2, -0.15) is 5.26 Å². The van der Waals surface area contributed by atoms with Crippen molar-refractivity contribution in [2.45, 2.75) is 11.9 Å². The van der Waals surface area contributed by atoms with Crippen LogP contribution in [0.5, 0.6) is 0 Å². The van der Waals surface area contributed by atoms with Crippen LogP contribution in [0.4, 0.5) is 0 Å². The molecule has 0 aromatic carbocycles. The molecule has 80 valence electrons. The maximum absolute atomic E-state index is 9.22. The predicted molar refractivity (Wildman–Crippen MR) is 68.8 cm³/mol. The molecule has 2 nitrogen and oxygen atoms in total. The van der Waals surface area contributed by atoms with Crippen LogP contribution in [0.2, 0.25) is 0 Å². The molecule has 0 saturated heterocycles. The molecule has 0 saturated carbocycles. The Morgan fingerprint density at radius 1 is 1.50 bits per heavy atom. The van der Waals surface area contributed by atoms with Crippen molar-refractivity contribution in [1.29, 1.82) is 5.26 Å². The molecular formula is C12H10N2S2. The summed E-state index contributed by atoms with van der Waals surface area (Å²) in [5.41, 5.74) is 2.63. The molecule has 2 aromatic heterocycles. The summed E-state index contributed by atoms with van der Waals surface area (Å²) in [6.07, 6.45) is 1.95. The van der Waals surface area contributed by atoms with Crippen molar-refractivity contribution >= 4 is 23.1 Å². The zero-order valence-electron chi connectivity index (χ0n) is 9.02. The van der Waals surface area contributed by atoms with Crippen LogP contribution in [0.25, 0.3) is 10.4 Å². The number of thiophene rings is 1. The Labute approximate surface area is 103 Å². The van der Waals surface area contributed by atoms with Gasteiger partial charge in [0.2, 0.25) is 0 Å². The first-order chi connectivity index (χ1) is 7.76. The third kappa shape index (κ3) is 1.97. The van der Waals surface area contributed by atoms with E-state index in [1.165, 1.54) is 11.8 Å². The molecule has 2 heterocycles. The van der Waals surface area contributed by atoms with Gasteiger partial charge in [0, 0.05) is 16.1 Å². The average molecular weight is 246 g/mol. The van der Waals surface area contributed by atoms with E-state index in [2.05, 4.69) is 11.1 Å². The van der Waals surface area contributed by atoms with Crippen molar-refractivity contribution in [2.75, 3.05) is 6.26 Å². The number of hydrogen-bond acceptors (Lipinski definition) is 4. The smallest absolute Gasteiger partial charge is 0.114 e. The first-order valence-electron chi connectivity index (χ1n) is 4.76. The summed E-state index contributed by atoms with van der Waals surface area (Å²) in [6.45, 7) is 1.96. The molecule has 2 aromatic rings. The molecule has 0 unspecified atom stereocenters. The molecule has 0 spiro atoms. The summed E-state index contributed by atoms with van der Waals surface area (Å²) in [5.74, 6) is 0. The van der Waals surface area contributed by atoms with Gasteiger partial charge in [-0.15, -0.1) is 23.1 Å². The fraction of sp³-hybridized carbons (Fsp3) is 0.167. The summed E-state index contributed by atoms with van der Waals surface area (Å²) in [5, 5.41) is 12.1. The fourth-order valence-corrected chi connectivity index (χ4v) is 2.87. The van der Waals surface area contributed by atoms with E-state index in [1.54, 1.807) is 11.3 Å². The van der Waals surface area contributed by atoms with E-state index >= 15 is 0 Å². The molecule has 16 heavy (non-hydrogen) atoms. The summed E-state index contributed by atoms with van der Waals surface area (Å²) in [6, 6.07) is 8.26. The largest absolute Gasteiger partial charge is 0.245 e. The second kappa shape index (κ2) is 4.69. The minimum absolute atomic E-state index is 0.681. The Balaban J connectivity index is 2.69. The van der Waals surface area contributed by atoms with Gasteiger partial charge < -0.3 is 0 Å². The van der Waals surface area contributed by atoms with Gasteiger partial charge >= 0.3 is 0 Å². The average Bonchev–Trinajstić information content (AvgIpc) is 2.81. The number of nitriles is 1. The molecule has 0 aliphatic heterocycles. The Morgan fingerprint density at radius 3 is 2.88 bits per heavy atom. The van der Waals surface area contributed by atoms with E-state index in [4.69, 9.17) is 0 Å². The normalized spacial score (nSPS) is 10.1. The van der Waals surface area contributed by atoms with Crippen molar-refractivity contribution in [2.24, 2.45) is 0 Å². The predicted octanol–water partition coefficient (Wildman–Crippen LogP) is 3.71. The van der Waals surface area contributed by atoms with Crippen LogP contribution >= 0.6 is 23.1 Å². The zero-order valence-corrected chi connectivity index (χ0v) is 10.7. The van der Waals surface area contributed by atoms with E-state index in [1.807, 2.05) is 36.8 Å². The molecule has 2 rings (SSSR count). The van der Waals surface area contributed by atoms with Crippen LogP contribution in [-0.4, -0.2) is 11.2 Å². The molecule has 4 heteroatoms. The van der Waals surface area contributed by atoms with Crippen molar-refractivity contribution in [3.8, 4) is 16.5 Å². The van der Waals surface area contributed by atoms with Crippen LogP contribution in [-0.2, 0) is 0 Å². The van der Waals surface area contributed by atoms with E-state index in [-0.39, 0.29) is 0 Å². The SMILES string of the molecule is CSc1nc(C)cc(-c2cccs2)c1C#N. The molecule has 0 amide bonds. The second-order valence-corrected chi connectivity index (χ2v) is 5.03. The van der Waals surface area contributed by atoms with Gasteiger partial charge in [-0.05, 0) is 30.7 Å². The Morgan fingerprint density at radius 2 is 2.31 bits per heavy atom. The molecule has 0 radical (unpaired) electrons. The van der Waals surface area contributed by atoms with Gasteiger partial charge in [-0.25, -0.2) is 4.98 Å². The Hall–Kier alpha value is -1.31. The lowest BCUT2D eigenvalue weighted by atomic mass is 10.1. The molecule has 0 aliphatic rings. The lowest BCUT2D eigenvalue weighted by Gasteiger charge is -2.06. The Bertz CT molecular complexity index is 539. The maximum atomic E-state index is 9.22. The van der Waals surface area contributed by atoms with Crippen molar-refractivity contribution < 1.29 is 0 Å². The highest BCUT2D eigenvalue weighted by Crippen LogP contribution is 2.32. The number of thioether (sulfide) groups is 1. The van der Waals surface area contributed by atoms with E-state index in [0.717, 1.165) is 21.2 Å². The van der Waals surface area contributed by atoms with E-state index in [9.17, 15) is 5.26 Å². The van der Waals surface area contributed by atoms with E-state index < -0.39 is 0 Å². The fourth-order valence-electron chi connectivity index (χ4n) is 1.53. The summed E-state index contributed by atoms with van der Waals surface area (Å²) in [4.78, 5) is 5.50. The molecule has 0 atom stereocenters. The van der Waals surface area contributed by atoms with Gasteiger partial charge in [0.25, 0.3) is 0 Å². The zero-order chi connectivity index (χ0) is 11.5. The number of aryl methyl sites for hydroxylation is 1.